The van der Waals surface area contributed by atoms with E-state index in [4.69, 9.17) is 9.29 Å². The van der Waals surface area contributed by atoms with Crippen LogP contribution >= 0.6 is 15.9 Å². The molecule has 1 aromatic rings. The van der Waals surface area contributed by atoms with Crippen molar-refractivity contribution >= 4 is 33.1 Å². The lowest BCUT2D eigenvalue weighted by atomic mass is 10.2. The fourth-order valence-electron chi connectivity index (χ4n) is 0.967. The monoisotopic (exact) mass is 276 g/mol. The zero-order valence-corrected chi connectivity index (χ0v) is 9.84. The van der Waals surface area contributed by atoms with Crippen LogP contribution in [-0.2, 0) is 11.1 Å². The second-order valence-electron chi connectivity index (χ2n) is 2.47. The standard InChI is InChI=1S/C9H9BrO3S/c1-13-9-3-2-8(10)6-7(9)4-5-14(11)12/h2-6H,1H3,(H,11,12). The molecule has 0 fully saturated rings. The number of hydrogen-bond donors (Lipinski definition) is 1. The van der Waals surface area contributed by atoms with E-state index in [9.17, 15) is 4.21 Å². The second kappa shape index (κ2) is 5.29. The highest BCUT2D eigenvalue weighted by Gasteiger charge is 1.99. The van der Waals surface area contributed by atoms with Gasteiger partial charge >= 0.3 is 0 Å². The molecule has 0 aliphatic heterocycles. The molecule has 0 saturated heterocycles. The number of hydrogen-bond acceptors (Lipinski definition) is 2. The van der Waals surface area contributed by atoms with Crippen molar-refractivity contribution in [2.75, 3.05) is 7.11 Å². The van der Waals surface area contributed by atoms with Crippen molar-refractivity contribution in [1.82, 2.24) is 0 Å². The molecular formula is C9H9BrO3S. The summed E-state index contributed by atoms with van der Waals surface area (Å²) in [5.41, 5.74) is 0.754. The molecule has 14 heavy (non-hydrogen) atoms. The van der Waals surface area contributed by atoms with Crippen molar-refractivity contribution in [2.45, 2.75) is 0 Å². The minimum atomic E-state index is -1.93. The maximum absolute atomic E-state index is 10.4. The van der Waals surface area contributed by atoms with Gasteiger partial charge in [0.2, 0.25) is 0 Å². The van der Waals surface area contributed by atoms with E-state index in [1.54, 1.807) is 19.3 Å². The van der Waals surface area contributed by atoms with Crippen molar-refractivity contribution < 1.29 is 13.5 Å². The molecule has 0 saturated carbocycles. The van der Waals surface area contributed by atoms with Crippen molar-refractivity contribution in [3.8, 4) is 5.75 Å². The Hall–Kier alpha value is -0.650. The first-order valence-electron chi connectivity index (χ1n) is 3.75. The van der Waals surface area contributed by atoms with Crippen LogP contribution in [0.1, 0.15) is 5.56 Å². The van der Waals surface area contributed by atoms with Gasteiger partial charge in [-0.2, -0.15) is 0 Å². The van der Waals surface area contributed by atoms with E-state index in [2.05, 4.69) is 15.9 Å². The highest BCUT2D eigenvalue weighted by Crippen LogP contribution is 2.24. The number of ether oxygens (including phenoxy) is 1. The first-order chi connectivity index (χ1) is 6.63. The lowest BCUT2D eigenvalue weighted by Crippen LogP contribution is -1.87. The molecule has 0 aromatic heterocycles. The summed E-state index contributed by atoms with van der Waals surface area (Å²) in [7, 11) is 1.55. The van der Waals surface area contributed by atoms with E-state index in [0.29, 0.717) is 5.75 Å². The molecule has 0 heterocycles. The van der Waals surface area contributed by atoms with E-state index in [1.165, 1.54) is 5.41 Å². The molecule has 76 valence electrons. The molecule has 0 aliphatic carbocycles. The van der Waals surface area contributed by atoms with E-state index in [-0.39, 0.29) is 0 Å². The van der Waals surface area contributed by atoms with Crippen LogP contribution in [0.2, 0.25) is 0 Å². The maximum atomic E-state index is 10.4. The molecule has 1 unspecified atom stereocenters. The van der Waals surface area contributed by atoms with Crippen LogP contribution in [0.5, 0.6) is 5.75 Å². The van der Waals surface area contributed by atoms with Gasteiger partial charge in [0.25, 0.3) is 0 Å². The zero-order chi connectivity index (χ0) is 10.6. The minimum absolute atomic E-state index is 0.662. The van der Waals surface area contributed by atoms with E-state index < -0.39 is 11.1 Å². The molecular weight excluding hydrogens is 268 g/mol. The molecule has 0 radical (unpaired) electrons. The van der Waals surface area contributed by atoms with Crippen molar-refractivity contribution in [2.24, 2.45) is 0 Å². The molecule has 0 amide bonds. The smallest absolute Gasteiger partial charge is 0.178 e. The summed E-state index contributed by atoms with van der Waals surface area (Å²) in [6, 6.07) is 5.43. The largest absolute Gasteiger partial charge is 0.496 e. The van der Waals surface area contributed by atoms with E-state index in [1.807, 2.05) is 12.1 Å². The SMILES string of the molecule is COc1ccc(Br)cc1C=CS(=O)O. The highest BCUT2D eigenvalue weighted by molar-refractivity contribution is 9.10. The first-order valence-corrected chi connectivity index (χ1v) is 5.71. The van der Waals surface area contributed by atoms with Crippen LogP contribution in [0.25, 0.3) is 6.08 Å². The van der Waals surface area contributed by atoms with Crippen LogP contribution in [-0.4, -0.2) is 15.9 Å². The summed E-state index contributed by atoms with van der Waals surface area (Å²) < 4.78 is 25.0. The third kappa shape index (κ3) is 3.25. The van der Waals surface area contributed by atoms with Gasteiger partial charge in [-0.05, 0) is 24.3 Å². The summed E-state index contributed by atoms with van der Waals surface area (Å²) in [4.78, 5) is 0. The molecule has 0 aliphatic rings. The minimum Gasteiger partial charge on any atom is -0.496 e. The number of benzene rings is 1. The molecule has 1 aromatic carbocycles. The summed E-state index contributed by atoms with van der Waals surface area (Å²) in [5.74, 6) is 0.662. The lowest BCUT2D eigenvalue weighted by molar-refractivity contribution is 0.414. The Balaban J connectivity index is 3.04. The predicted octanol–water partition coefficient (Wildman–Crippen LogP) is 2.65. The molecule has 1 N–H and O–H groups in total. The molecule has 0 spiro atoms. The first kappa shape index (κ1) is 11.4. The summed E-state index contributed by atoms with van der Waals surface area (Å²) >= 11 is 1.37. The Morgan fingerprint density at radius 1 is 1.57 bits per heavy atom. The Kier molecular flexibility index (Phi) is 4.31. The highest BCUT2D eigenvalue weighted by atomic mass is 79.9. The average Bonchev–Trinajstić information content (AvgIpc) is 2.15. The molecule has 1 atom stereocenters. The molecule has 3 nitrogen and oxygen atoms in total. The van der Waals surface area contributed by atoms with Gasteiger partial charge in [0.15, 0.2) is 11.1 Å². The van der Waals surface area contributed by atoms with Crippen LogP contribution in [0.4, 0.5) is 0 Å². The zero-order valence-electron chi connectivity index (χ0n) is 7.44. The van der Waals surface area contributed by atoms with Gasteiger partial charge in [0.05, 0.1) is 7.11 Å². The van der Waals surface area contributed by atoms with E-state index >= 15 is 0 Å². The Bertz CT molecular complexity index is 376. The Morgan fingerprint density at radius 3 is 2.86 bits per heavy atom. The van der Waals surface area contributed by atoms with E-state index in [0.717, 1.165) is 10.0 Å². The summed E-state index contributed by atoms with van der Waals surface area (Å²) in [6.07, 6.45) is 1.54. The van der Waals surface area contributed by atoms with Gasteiger partial charge < -0.3 is 9.29 Å². The van der Waals surface area contributed by atoms with Crippen LogP contribution < -0.4 is 4.74 Å². The number of rotatable bonds is 3. The van der Waals surface area contributed by atoms with Crippen molar-refractivity contribution in [1.29, 1.82) is 0 Å². The fourth-order valence-corrected chi connectivity index (χ4v) is 1.61. The normalized spacial score (nSPS) is 13.1. The fraction of sp³-hybridized carbons (Fsp3) is 0.111. The third-order valence-corrected chi connectivity index (χ3v) is 2.42. The van der Waals surface area contributed by atoms with Gasteiger partial charge in [0, 0.05) is 15.4 Å². The van der Waals surface area contributed by atoms with Gasteiger partial charge in [-0.25, -0.2) is 4.21 Å². The van der Waals surface area contributed by atoms with Gasteiger partial charge in [-0.15, -0.1) is 0 Å². The van der Waals surface area contributed by atoms with Crippen molar-refractivity contribution in [3.63, 3.8) is 0 Å². The van der Waals surface area contributed by atoms with Gasteiger partial charge in [0.1, 0.15) is 5.75 Å². The Labute approximate surface area is 93.2 Å². The number of methoxy groups -OCH3 is 1. The van der Waals surface area contributed by atoms with Crippen LogP contribution in [0.3, 0.4) is 0 Å². The van der Waals surface area contributed by atoms with Gasteiger partial charge in [-0.1, -0.05) is 15.9 Å². The molecule has 5 heteroatoms. The third-order valence-electron chi connectivity index (χ3n) is 1.56. The molecule has 0 bridgehead atoms. The molecule has 1 rings (SSSR count). The maximum Gasteiger partial charge on any atom is 0.178 e. The number of halogens is 1. The second-order valence-corrected chi connectivity index (χ2v) is 4.21. The Morgan fingerprint density at radius 2 is 2.29 bits per heavy atom. The topological polar surface area (TPSA) is 46.5 Å². The van der Waals surface area contributed by atoms with Crippen LogP contribution in [0.15, 0.2) is 28.1 Å². The lowest BCUT2D eigenvalue weighted by Gasteiger charge is -2.04. The van der Waals surface area contributed by atoms with Crippen molar-refractivity contribution in [3.05, 3.63) is 33.6 Å². The summed E-state index contributed by atoms with van der Waals surface area (Å²) in [5, 5.41) is 1.18. The van der Waals surface area contributed by atoms with Gasteiger partial charge in [-0.3, -0.25) is 0 Å². The summed E-state index contributed by atoms with van der Waals surface area (Å²) in [6.45, 7) is 0. The quantitative estimate of drug-likeness (QED) is 0.864. The van der Waals surface area contributed by atoms with Crippen LogP contribution in [0, 0.1) is 0 Å². The average molecular weight is 277 g/mol. The predicted molar refractivity (Wildman–Crippen MR) is 60.5 cm³/mol.